The normalized spacial score (nSPS) is 24.5. The first-order valence-electron chi connectivity index (χ1n) is 9.85. The number of aliphatic hydroxyl groups is 1. The monoisotopic (exact) mass is 374 g/mol. The van der Waals surface area contributed by atoms with Gasteiger partial charge in [-0.3, -0.25) is 9.80 Å². The molecule has 0 bridgehead atoms. The number of fused-ring (bicyclic) bond motifs is 1. The van der Waals surface area contributed by atoms with Gasteiger partial charge in [-0.15, -0.1) is 11.3 Å². The smallest absolute Gasteiger partial charge is 0.108 e. The van der Waals surface area contributed by atoms with E-state index in [4.69, 9.17) is 4.98 Å². The van der Waals surface area contributed by atoms with Crippen LogP contribution < -0.4 is 0 Å². The lowest BCUT2D eigenvalue weighted by Crippen LogP contribution is -2.58. The lowest BCUT2D eigenvalue weighted by Gasteiger charge is -2.47. The van der Waals surface area contributed by atoms with Gasteiger partial charge in [0.05, 0.1) is 16.8 Å². The van der Waals surface area contributed by atoms with Crippen LogP contribution in [0.2, 0.25) is 0 Å². The molecule has 3 heterocycles. The molecular weight excluding hydrogens is 344 g/mol. The van der Waals surface area contributed by atoms with Crippen LogP contribution in [0.15, 0.2) is 24.3 Å². The zero-order chi connectivity index (χ0) is 17.9. The van der Waals surface area contributed by atoms with E-state index in [0.29, 0.717) is 12.1 Å². The molecule has 5 nitrogen and oxygen atoms in total. The van der Waals surface area contributed by atoms with Crippen molar-refractivity contribution in [2.75, 3.05) is 46.4 Å². The number of aliphatic hydroxyl groups excluding tert-OH is 1. The number of para-hydroxylation sites is 1. The number of hydrogen-bond donors (Lipinski definition) is 1. The number of benzene rings is 1. The molecule has 0 radical (unpaired) electrons. The molecule has 1 aromatic heterocycles. The number of nitrogens with zero attached hydrogens (tertiary/aromatic N) is 4. The van der Waals surface area contributed by atoms with E-state index in [9.17, 15) is 5.11 Å². The Bertz CT molecular complexity index is 680. The predicted octanol–water partition coefficient (Wildman–Crippen LogP) is 2.26. The molecule has 2 aliphatic rings. The molecule has 1 atom stereocenters. The third-order valence-electron chi connectivity index (χ3n) is 5.93. The molecule has 2 fully saturated rings. The summed E-state index contributed by atoms with van der Waals surface area (Å²) in [5.74, 6) is 0. The van der Waals surface area contributed by atoms with Crippen molar-refractivity contribution in [1.29, 1.82) is 0 Å². The van der Waals surface area contributed by atoms with Crippen LogP contribution in [0.5, 0.6) is 0 Å². The number of piperidine rings is 1. The molecule has 2 aromatic rings. The maximum absolute atomic E-state index is 9.58. The zero-order valence-electron chi connectivity index (χ0n) is 15.7. The summed E-state index contributed by atoms with van der Waals surface area (Å²) in [4.78, 5) is 12.5. The van der Waals surface area contributed by atoms with E-state index < -0.39 is 0 Å². The summed E-state index contributed by atoms with van der Waals surface area (Å²) in [5.41, 5.74) is 1.12. The summed E-state index contributed by atoms with van der Waals surface area (Å²) in [5, 5.41) is 10.8. The van der Waals surface area contributed by atoms with Crippen molar-refractivity contribution in [3.05, 3.63) is 29.3 Å². The van der Waals surface area contributed by atoms with Crippen LogP contribution in [0.4, 0.5) is 0 Å². The zero-order valence-corrected chi connectivity index (χ0v) is 16.5. The second-order valence-corrected chi connectivity index (χ2v) is 8.86. The summed E-state index contributed by atoms with van der Waals surface area (Å²) in [6.45, 7) is 6.87. The standard InChI is InChI=1S/C20H30N4OS/c1-22-9-6-16(7-10-22)24-12-11-23(14-17(24)8-13-25)15-20-21-18-4-2-3-5-19(18)26-20/h2-5,16-17,25H,6-15H2,1H3/t17-/m0/s1. The highest BCUT2D eigenvalue weighted by Crippen LogP contribution is 2.26. The van der Waals surface area contributed by atoms with Gasteiger partial charge in [-0.2, -0.15) is 0 Å². The van der Waals surface area contributed by atoms with Gasteiger partial charge in [-0.05, 0) is 51.5 Å². The topological polar surface area (TPSA) is 42.8 Å². The third kappa shape index (κ3) is 4.10. The van der Waals surface area contributed by atoms with E-state index in [2.05, 4.69) is 46.0 Å². The Labute approximate surface area is 160 Å². The van der Waals surface area contributed by atoms with Crippen LogP contribution in [-0.2, 0) is 6.54 Å². The molecule has 2 saturated heterocycles. The number of piperazine rings is 1. The first kappa shape index (κ1) is 18.3. The molecule has 0 spiro atoms. The van der Waals surface area contributed by atoms with E-state index in [1.165, 1.54) is 35.6 Å². The highest BCUT2D eigenvalue weighted by atomic mass is 32.1. The first-order valence-corrected chi connectivity index (χ1v) is 10.7. The number of likely N-dealkylation sites (tertiary alicyclic amines) is 1. The molecule has 26 heavy (non-hydrogen) atoms. The quantitative estimate of drug-likeness (QED) is 0.870. The molecule has 4 rings (SSSR count). The highest BCUT2D eigenvalue weighted by molar-refractivity contribution is 7.18. The molecule has 0 saturated carbocycles. The Morgan fingerprint density at radius 1 is 1.15 bits per heavy atom. The largest absolute Gasteiger partial charge is 0.396 e. The van der Waals surface area contributed by atoms with Crippen LogP contribution in [0, 0.1) is 0 Å². The molecule has 1 aromatic carbocycles. The van der Waals surface area contributed by atoms with Gasteiger partial charge in [0.15, 0.2) is 0 Å². The van der Waals surface area contributed by atoms with E-state index >= 15 is 0 Å². The van der Waals surface area contributed by atoms with Crippen LogP contribution in [0.3, 0.4) is 0 Å². The summed E-state index contributed by atoms with van der Waals surface area (Å²) < 4.78 is 1.28. The van der Waals surface area contributed by atoms with Crippen LogP contribution in [0.25, 0.3) is 10.2 Å². The van der Waals surface area contributed by atoms with Crippen molar-refractivity contribution in [2.24, 2.45) is 0 Å². The maximum Gasteiger partial charge on any atom is 0.108 e. The summed E-state index contributed by atoms with van der Waals surface area (Å²) in [6.07, 6.45) is 3.40. The summed E-state index contributed by atoms with van der Waals surface area (Å²) >= 11 is 1.81. The van der Waals surface area contributed by atoms with Gasteiger partial charge in [0.25, 0.3) is 0 Å². The van der Waals surface area contributed by atoms with Gasteiger partial charge in [0, 0.05) is 38.3 Å². The average Bonchev–Trinajstić information content (AvgIpc) is 3.05. The minimum Gasteiger partial charge on any atom is -0.396 e. The van der Waals surface area contributed by atoms with E-state index in [1.54, 1.807) is 0 Å². The second-order valence-electron chi connectivity index (χ2n) is 7.75. The number of rotatable bonds is 5. The Kier molecular flexibility index (Phi) is 5.86. The van der Waals surface area contributed by atoms with Crippen molar-refractivity contribution in [1.82, 2.24) is 19.7 Å². The highest BCUT2D eigenvalue weighted by Gasteiger charge is 2.33. The number of aromatic nitrogens is 1. The lowest BCUT2D eigenvalue weighted by molar-refractivity contribution is 0.00600. The maximum atomic E-state index is 9.58. The van der Waals surface area contributed by atoms with E-state index in [0.717, 1.165) is 38.1 Å². The molecule has 6 heteroatoms. The number of thiazole rings is 1. The van der Waals surface area contributed by atoms with Crippen molar-refractivity contribution in [2.45, 2.75) is 37.9 Å². The number of hydrogen-bond acceptors (Lipinski definition) is 6. The predicted molar refractivity (Wildman–Crippen MR) is 108 cm³/mol. The van der Waals surface area contributed by atoms with Crippen LogP contribution >= 0.6 is 11.3 Å². The van der Waals surface area contributed by atoms with Gasteiger partial charge >= 0.3 is 0 Å². The van der Waals surface area contributed by atoms with Gasteiger partial charge in [-0.1, -0.05) is 12.1 Å². The van der Waals surface area contributed by atoms with Crippen molar-refractivity contribution < 1.29 is 5.11 Å². The molecule has 0 unspecified atom stereocenters. The SMILES string of the molecule is CN1CCC(N2CCN(Cc3nc4ccccc4s3)C[C@@H]2CCO)CC1. The van der Waals surface area contributed by atoms with Crippen molar-refractivity contribution in [3.63, 3.8) is 0 Å². The fourth-order valence-corrected chi connectivity index (χ4v) is 5.48. The first-order chi connectivity index (χ1) is 12.7. The van der Waals surface area contributed by atoms with Gasteiger partial charge in [-0.25, -0.2) is 4.98 Å². The molecule has 2 aliphatic heterocycles. The van der Waals surface area contributed by atoms with Gasteiger partial charge in [0.1, 0.15) is 5.01 Å². The fourth-order valence-electron chi connectivity index (χ4n) is 4.47. The Hall–Kier alpha value is -1.05. The van der Waals surface area contributed by atoms with Gasteiger partial charge in [0.2, 0.25) is 0 Å². The Morgan fingerprint density at radius 2 is 1.96 bits per heavy atom. The van der Waals surface area contributed by atoms with Gasteiger partial charge < -0.3 is 10.0 Å². The minimum absolute atomic E-state index is 0.281. The third-order valence-corrected chi connectivity index (χ3v) is 6.95. The van der Waals surface area contributed by atoms with E-state index in [-0.39, 0.29) is 6.61 Å². The molecule has 142 valence electrons. The molecular formula is C20H30N4OS. The summed E-state index contributed by atoms with van der Waals surface area (Å²) in [6, 6.07) is 9.56. The van der Waals surface area contributed by atoms with Crippen LogP contribution in [-0.4, -0.2) is 83.3 Å². The Morgan fingerprint density at radius 3 is 2.73 bits per heavy atom. The fraction of sp³-hybridized carbons (Fsp3) is 0.650. The van der Waals surface area contributed by atoms with Crippen molar-refractivity contribution in [3.8, 4) is 0 Å². The van der Waals surface area contributed by atoms with Crippen molar-refractivity contribution >= 4 is 21.6 Å². The second kappa shape index (κ2) is 8.31. The van der Waals surface area contributed by atoms with Crippen LogP contribution in [0.1, 0.15) is 24.3 Å². The minimum atomic E-state index is 0.281. The Balaban J connectivity index is 1.40. The molecule has 1 N–H and O–H groups in total. The average molecular weight is 375 g/mol. The lowest BCUT2D eigenvalue weighted by atomic mass is 9.98. The molecule has 0 amide bonds. The molecule has 0 aliphatic carbocycles. The summed E-state index contributed by atoms with van der Waals surface area (Å²) in [7, 11) is 2.22. The van der Waals surface area contributed by atoms with E-state index in [1.807, 2.05) is 11.3 Å².